The maximum Gasteiger partial charge on any atom is 0.237 e. The van der Waals surface area contributed by atoms with Gasteiger partial charge in [-0.05, 0) is 24.6 Å². The Morgan fingerprint density at radius 2 is 2.26 bits per heavy atom. The molecule has 6 heteroatoms. The Kier molecular flexibility index (Phi) is 3.28. The fourth-order valence-electron chi connectivity index (χ4n) is 2.40. The smallest absolute Gasteiger partial charge is 0.237 e. The quantitative estimate of drug-likeness (QED) is 0.779. The van der Waals surface area contributed by atoms with Crippen molar-refractivity contribution >= 4 is 32.9 Å². The molecule has 0 saturated carbocycles. The van der Waals surface area contributed by atoms with E-state index in [1.54, 1.807) is 0 Å². The van der Waals surface area contributed by atoms with Gasteiger partial charge in [0.25, 0.3) is 0 Å². The molecule has 0 radical (unpaired) electrons. The molecule has 1 saturated heterocycles. The van der Waals surface area contributed by atoms with Crippen molar-refractivity contribution in [3.63, 3.8) is 0 Å². The molecule has 0 aliphatic carbocycles. The van der Waals surface area contributed by atoms with Crippen LogP contribution in [0.3, 0.4) is 0 Å². The minimum Gasteiger partial charge on any atom is -0.353 e. The van der Waals surface area contributed by atoms with Gasteiger partial charge in [-0.15, -0.1) is 0 Å². The average Bonchev–Trinajstić information content (AvgIpc) is 2.75. The molecule has 0 spiro atoms. The van der Waals surface area contributed by atoms with E-state index in [1.807, 2.05) is 19.1 Å². The Balaban J connectivity index is 1.89. The van der Waals surface area contributed by atoms with E-state index < -0.39 is 0 Å². The number of hydrogen-bond acceptors (Lipinski definition) is 3. The van der Waals surface area contributed by atoms with Crippen LogP contribution in [0.5, 0.6) is 0 Å². The van der Waals surface area contributed by atoms with Gasteiger partial charge in [-0.1, -0.05) is 15.9 Å². The molecule has 1 aromatic heterocycles. The molecule has 1 amide bonds. The first kappa shape index (κ1) is 12.6. The molecule has 3 N–H and O–H groups in total. The second kappa shape index (κ2) is 4.94. The molecular formula is C13H15BrN4O. The van der Waals surface area contributed by atoms with Crippen LogP contribution in [0.1, 0.15) is 11.4 Å². The minimum atomic E-state index is -0.196. The molecule has 3 rings (SSSR count). The first-order chi connectivity index (χ1) is 9.13. The summed E-state index contributed by atoms with van der Waals surface area (Å²) in [5.74, 6) is 0.885. The molecule has 5 nitrogen and oxygen atoms in total. The third-order valence-electron chi connectivity index (χ3n) is 3.32. The number of fused-ring (bicyclic) bond motifs is 1. The normalized spacial score (nSPS) is 19.7. The number of rotatable bonds is 2. The molecule has 19 heavy (non-hydrogen) atoms. The topological polar surface area (TPSA) is 69.8 Å². The third-order valence-corrected chi connectivity index (χ3v) is 3.78. The number of nitrogens with one attached hydrogen (secondary N) is 3. The third kappa shape index (κ3) is 2.50. The van der Waals surface area contributed by atoms with Gasteiger partial charge in [0, 0.05) is 24.0 Å². The fourth-order valence-corrected chi connectivity index (χ4v) is 2.97. The summed E-state index contributed by atoms with van der Waals surface area (Å²) in [6, 6.07) is 3.85. The molecule has 1 fully saturated rings. The second-order valence-electron chi connectivity index (χ2n) is 4.80. The van der Waals surface area contributed by atoms with Gasteiger partial charge in [-0.25, -0.2) is 4.98 Å². The number of aromatic amines is 1. The van der Waals surface area contributed by atoms with Crippen molar-refractivity contribution < 1.29 is 4.79 Å². The van der Waals surface area contributed by atoms with Gasteiger partial charge >= 0.3 is 0 Å². The van der Waals surface area contributed by atoms with E-state index in [2.05, 4.69) is 36.5 Å². The Morgan fingerprint density at radius 1 is 1.42 bits per heavy atom. The lowest BCUT2D eigenvalue weighted by Crippen LogP contribution is -2.53. The molecule has 2 heterocycles. The van der Waals surface area contributed by atoms with Crippen LogP contribution in [-0.2, 0) is 11.2 Å². The minimum absolute atomic E-state index is 0.0459. The van der Waals surface area contributed by atoms with Gasteiger partial charge < -0.3 is 15.6 Å². The van der Waals surface area contributed by atoms with E-state index in [0.717, 1.165) is 33.4 Å². The van der Waals surface area contributed by atoms with Crippen molar-refractivity contribution in [1.82, 2.24) is 20.6 Å². The van der Waals surface area contributed by atoms with Gasteiger partial charge in [0.1, 0.15) is 5.82 Å². The molecule has 0 bridgehead atoms. The van der Waals surface area contributed by atoms with Crippen LogP contribution in [0.2, 0.25) is 0 Å². The Bertz CT molecular complexity index is 637. The van der Waals surface area contributed by atoms with E-state index in [4.69, 9.17) is 0 Å². The summed E-state index contributed by atoms with van der Waals surface area (Å²) in [5.41, 5.74) is 3.08. The highest BCUT2D eigenvalue weighted by Gasteiger charge is 2.22. The molecule has 1 unspecified atom stereocenters. The van der Waals surface area contributed by atoms with Crippen molar-refractivity contribution in [2.24, 2.45) is 0 Å². The molecule has 1 aromatic carbocycles. The predicted molar refractivity (Wildman–Crippen MR) is 77.0 cm³/mol. The van der Waals surface area contributed by atoms with E-state index in [0.29, 0.717) is 13.0 Å². The zero-order chi connectivity index (χ0) is 13.4. The largest absolute Gasteiger partial charge is 0.353 e. The predicted octanol–water partition coefficient (Wildman–Crippen LogP) is 1.26. The molecule has 2 aromatic rings. The number of aromatic nitrogens is 2. The molecule has 100 valence electrons. The van der Waals surface area contributed by atoms with Crippen LogP contribution in [0.15, 0.2) is 16.6 Å². The van der Waals surface area contributed by atoms with Crippen LogP contribution in [0, 0.1) is 6.92 Å². The van der Waals surface area contributed by atoms with E-state index in [-0.39, 0.29) is 11.9 Å². The van der Waals surface area contributed by atoms with E-state index >= 15 is 0 Å². The SMILES string of the molecule is Cc1cc(Br)cc2[nH]c(CC3NCCNC3=O)nc12. The summed E-state index contributed by atoms with van der Waals surface area (Å²) in [4.78, 5) is 19.6. The van der Waals surface area contributed by atoms with E-state index in [1.165, 1.54) is 0 Å². The lowest BCUT2D eigenvalue weighted by atomic mass is 10.1. The van der Waals surface area contributed by atoms with Crippen molar-refractivity contribution in [3.8, 4) is 0 Å². The highest BCUT2D eigenvalue weighted by Crippen LogP contribution is 2.22. The number of carbonyl (C=O) groups excluding carboxylic acids is 1. The average molecular weight is 323 g/mol. The van der Waals surface area contributed by atoms with Gasteiger partial charge in [0.15, 0.2) is 0 Å². The van der Waals surface area contributed by atoms with Gasteiger partial charge in [-0.3, -0.25) is 4.79 Å². The number of carbonyl (C=O) groups is 1. The number of H-pyrrole nitrogens is 1. The number of halogens is 1. The number of nitrogens with zero attached hydrogens (tertiary/aromatic N) is 1. The summed E-state index contributed by atoms with van der Waals surface area (Å²) in [5, 5.41) is 6.06. The maximum absolute atomic E-state index is 11.7. The highest BCUT2D eigenvalue weighted by atomic mass is 79.9. The zero-order valence-corrected chi connectivity index (χ0v) is 12.2. The van der Waals surface area contributed by atoms with Crippen molar-refractivity contribution in [2.45, 2.75) is 19.4 Å². The first-order valence-corrected chi connectivity index (χ1v) is 7.08. The first-order valence-electron chi connectivity index (χ1n) is 6.29. The summed E-state index contributed by atoms with van der Waals surface area (Å²) < 4.78 is 1.03. The summed E-state index contributed by atoms with van der Waals surface area (Å²) in [6.45, 7) is 3.53. The van der Waals surface area contributed by atoms with Gasteiger partial charge in [-0.2, -0.15) is 0 Å². The number of benzene rings is 1. The number of amides is 1. The standard InChI is InChI=1S/C13H15BrN4O/c1-7-4-8(14)5-9-12(7)18-11(17-9)6-10-13(19)16-3-2-15-10/h4-5,10,15H,2-3,6H2,1H3,(H,16,19)(H,17,18). The Labute approximate surface area is 119 Å². The lowest BCUT2D eigenvalue weighted by Gasteiger charge is -2.22. The van der Waals surface area contributed by atoms with Crippen LogP contribution in [0.4, 0.5) is 0 Å². The lowest BCUT2D eigenvalue weighted by molar-refractivity contribution is -0.124. The van der Waals surface area contributed by atoms with E-state index in [9.17, 15) is 4.79 Å². The van der Waals surface area contributed by atoms with Gasteiger partial charge in [0.2, 0.25) is 5.91 Å². The summed E-state index contributed by atoms with van der Waals surface area (Å²) in [7, 11) is 0. The van der Waals surface area contributed by atoms with Gasteiger partial charge in [0.05, 0.1) is 17.1 Å². The van der Waals surface area contributed by atoms with Crippen LogP contribution in [-0.4, -0.2) is 35.0 Å². The zero-order valence-electron chi connectivity index (χ0n) is 10.6. The van der Waals surface area contributed by atoms with Crippen LogP contribution < -0.4 is 10.6 Å². The number of hydrogen-bond donors (Lipinski definition) is 3. The molecule has 1 atom stereocenters. The second-order valence-corrected chi connectivity index (χ2v) is 5.72. The number of aryl methyl sites for hydroxylation is 1. The number of imidazole rings is 1. The highest BCUT2D eigenvalue weighted by molar-refractivity contribution is 9.10. The Hall–Kier alpha value is -1.40. The van der Waals surface area contributed by atoms with Crippen LogP contribution in [0.25, 0.3) is 11.0 Å². The molecule has 1 aliphatic rings. The Morgan fingerprint density at radius 3 is 3.05 bits per heavy atom. The van der Waals surface area contributed by atoms with Crippen molar-refractivity contribution in [1.29, 1.82) is 0 Å². The van der Waals surface area contributed by atoms with Crippen molar-refractivity contribution in [2.75, 3.05) is 13.1 Å². The fraction of sp³-hybridized carbons (Fsp3) is 0.385. The van der Waals surface area contributed by atoms with Crippen molar-refractivity contribution in [3.05, 3.63) is 28.0 Å². The molecule has 1 aliphatic heterocycles. The van der Waals surface area contributed by atoms with Crippen LogP contribution >= 0.6 is 15.9 Å². The summed E-state index contributed by atoms with van der Waals surface area (Å²) >= 11 is 3.48. The number of piperazine rings is 1. The summed E-state index contributed by atoms with van der Waals surface area (Å²) in [6.07, 6.45) is 0.581. The monoisotopic (exact) mass is 322 g/mol. The molecular weight excluding hydrogens is 308 g/mol. The maximum atomic E-state index is 11.7.